The van der Waals surface area contributed by atoms with Gasteiger partial charge in [0.25, 0.3) is 5.91 Å². The number of cyclic esters (lactones) is 1. The second-order valence-corrected chi connectivity index (χ2v) is 20.0. The summed E-state index contributed by atoms with van der Waals surface area (Å²) in [6.07, 6.45) is 6.55. The molecule has 0 unspecified atom stereocenters. The third kappa shape index (κ3) is 7.71. The standard InChI is InChI=1S/C47H63N9O5S/c1-8-55-39-12-11-30-22-33(39)35(42(55)34-23-32(26-48-41(34)29(2)60-7)54-20-18-52(5)19-21-54)25-46(3,4)28-61-44(58)36-10-9-16-56(51-36)43(57)37(24-40-49-38(30)27-62-40)50-45(59)47-15-13-31(47)14-17-53(47)6/h11-12,22-23,26-27,29,31,36-37,51H,8-10,13-21,24-25,28H2,1-7H3,(H,50,59)/t29-,31+,36-,37-,47+/m0/s1. The van der Waals surface area contributed by atoms with Gasteiger partial charge in [-0.3, -0.25) is 29.3 Å². The summed E-state index contributed by atoms with van der Waals surface area (Å²) in [5, 5.41) is 8.67. The number of ether oxygens (including phenoxy) is 2. The lowest BCUT2D eigenvalue weighted by Gasteiger charge is -2.48. The number of aryl methyl sites for hydroxylation is 1. The molecule has 5 aliphatic rings. The Morgan fingerprint density at radius 2 is 1.89 bits per heavy atom. The zero-order chi connectivity index (χ0) is 43.5. The monoisotopic (exact) mass is 865 g/mol. The van der Waals surface area contributed by atoms with E-state index in [1.54, 1.807) is 7.11 Å². The first-order valence-corrected chi connectivity index (χ1v) is 23.5. The van der Waals surface area contributed by atoms with Crippen molar-refractivity contribution >= 4 is 45.7 Å². The van der Waals surface area contributed by atoms with Crippen LogP contribution in [0.3, 0.4) is 0 Å². The summed E-state index contributed by atoms with van der Waals surface area (Å²) < 4.78 is 14.6. The first-order valence-electron chi connectivity index (χ1n) is 22.6. The number of rotatable bonds is 7. The average molecular weight is 866 g/mol. The Morgan fingerprint density at radius 3 is 2.61 bits per heavy atom. The van der Waals surface area contributed by atoms with Crippen LogP contribution in [-0.4, -0.2) is 132 Å². The molecule has 9 rings (SSSR count). The van der Waals surface area contributed by atoms with Gasteiger partial charge in [0.1, 0.15) is 17.6 Å². The summed E-state index contributed by atoms with van der Waals surface area (Å²) in [4.78, 5) is 59.9. The third-order valence-electron chi connectivity index (χ3n) is 14.5. The van der Waals surface area contributed by atoms with Crippen LogP contribution in [0.4, 0.5) is 5.69 Å². The number of anilines is 1. The minimum absolute atomic E-state index is 0.0947. The molecule has 15 heteroatoms. The molecule has 1 aliphatic carbocycles. The third-order valence-corrected chi connectivity index (χ3v) is 15.4. The lowest BCUT2D eigenvalue weighted by atomic mass is 9.66. The number of nitrogens with one attached hydrogen (secondary N) is 2. The number of benzene rings is 1. The first kappa shape index (κ1) is 42.9. The molecule has 0 radical (unpaired) electrons. The summed E-state index contributed by atoms with van der Waals surface area (Å²) in [6, 6.07) is 7.33. The van der Waals surface area contributed by atoms with Crippen molar-refractivity contribution in [1.82, 2.24) is 40.1 Å². The molecule has 332 valence electrons. The topological polar surface area (TPSA) is 137 Å². The molecule has 6 bridgehead atoms. The van der Waals surface area contributed by atoms with Gasteiger partial charge in [-0.05, 0) is 103 Å². The number of pyridine rings is 1. The summed E-state index contributed by atoms with van der Waals surface area (Å²) in [5.41, 5.74) is 10.3. The first-order chi connectivity index (χ1) is 29.8. The van der Waals surface area contributed by atoms with Gasteiger partial charge in [-0.15, -0.1) is 11.3 Å². The fourth-order valence-electron chi connectivity index (χ4n) is 10.6. The van der Waals surface area contributed by atoms with Crippen LogP contribution < -0.4 is 15.6 Å². The van der Waals surface area contributed by atoms with Crippen molar-refractivity contribution < 1.29 is 23.9 Å². The lowest BCUT2D eigenvalue weighted by Crippen LogP contribution is -2.66. The Bertz CT molecular complexity index is 2340. The highest BCUT2D eigenvalue weighted by atomic mass is 32.1. The van der Waals surface area contributed by atoms with Crippen LogP contribution in [0.1, 0.15) is 82.2 Å². The van der Waals surface area contributed by atoms with Gasteiger partial charge in [0.05, 0.1) is 46.7 Å². The minimum atomic E-state index is -0.861. The summed E-state index contributed by atoms with van der Waals surface area (Å²) in [7, 11) is 5.92. The Morgan fingerprint density at radius 1 is 1.08 bits per heavy atom. The number of carbonyl (C=O) groups excluding carboxylic acids is 3. The molecular weight excluding hydrogens is 803 g/mol. The van der Waals surface area contributed by atoms with Crippen LogP contribution in [-0.2, 0) is 43.2 Å². The number of likely N-dealkylation sites (N-methyl/N-ethyl adjacent to an activating group) is 2. The van der Waals surface area contributed by atoms with Crippen molar-refractivity contribution in [2.45, 2.75) is 103 Å². The Kier molecular flexibility index (Phi) is 11.7. The Hall–Kier alpha value is -4.41. The van der Waals surface area contributed by atoms with E-state index in [0.717, 1.165) is 114 Å². The number of amides is 2. The number of aromatic nitrogens is 3. The van der Waals surface area contributed by atoms with Crippen LogP contribution in [0.15, 0.2) is 35.8 Å². The van der Waals surface area contributed by atoms with Crippen LogP contribution in [0, 0.1) is 11.3 Å². The van der Waals surface area contributed by atoms with E-state index in [9.17, 15) is 14.4 Å². The minimum Gasteiger partial charge on any atom is -0.464 e. The zero-order valence-electron chi connectivity index (χ0n) is 37.5. The van der Waals surface area contributed by atoms with Gasteiger partial charge >= 0.3 is 5.97 Å². The van der Waals surface area contributed by atoms with Crippen LogP contribution >= 0.6 is 11.3 Å². The van der Waals surface area contributed by atoms with Crippen molar-refractivity contribution in [2.75, 3.05) is 72.0 Å². The average Bonchev–Trinajstić information content (AvgIpc) is 3.92. The molecule has 62 heavy (non-hydrogen) atoms. The second-order valence-electron chi connectivity index (χ2n) is 19.1. The van der Waals surface area contributed by atoms with Gasteiger partial charge in [-0.2, -0.15) is 0 Å². The second kappa shape index (κ2) is 16.9. The lowest BCUT2D eigenvalue weighted by molar-refractivity contribution is -0.156. The van der Waals surface area contributed by atoms with Gasteiger partial charge in [-0.1, -0.05) is 19.9 Å². The van der Waals surface area contributed by atoms with Crippen molar-refractivity contribution in [3.8, 4) is 22.5 Å². The number of likely N-dealkylation sites (tertiary alicyclic amines) is 1. The van der Waals surface area contributed by atoms with Crippen LogP contribution in [0.2, 0.25) is 0 Å². The molecule has 4 aromatic rings. The number of carbonyl (C=O) groups is 3. The number of fused-ring (bicyclic) bond motifs is 7. The van der Waals surface area contributed by atoms with E-state index in [1.807, 2.05) is 13.2 Å². The van der Waals surface area contributed by atoms with E-state index in [0.29, 0.717) is 31.7 Å². The number of esters is 1. The van der Waals surface area contributed by atoms with Gasteiger partial charge in [0.15, 0.2) is 0 Å². The van der Waals surface area contributed by atoms with Gasteiger partial charge < -0.3 is 29.2 Å². The Balaban J connectivity index is 1.16. The van der Waals surface area contributed by atoms with E-state index in [-0.39, 0.29) is 36.9 Å². The number of hydrogen-bond donors (Lipinski definition) is 2. The quantitative estimate of drug-likeness (QED) is 0.230. The maximum absolute atomic E-state index is 14.5. The predicted molar refractivity (Wildman–Crippen MR) is 242 cm³/mol. The highest BCUT2D eigenvalue weighted by molar-refractivity contribution is 7.10. The maximum Gasteiger partial charge on any atom is 0.324 e. The largest absolute Gasteiger partial charge is 0.464 e. The van der Waals surface area contributed by atoms with Crippen LogP contribution in [0.25, 0.3) is 33.4 Å². The molecule has 1 aromatic carbocycles. The molecule has 0 spiro atoms. The van der Waals surface area contributed by atoms with Gasteiger partial charge in [0.2, 0.25) is 5.91 Å². The molecule has 1 saturated carbocycles. The normalized spacial score (nSPS) is 26.5. The van der Waals surface area contributed by atoms with Gasteiger partial charge in [-0.25, -0.2) is 10.4 Å². The summed E-state index contributed by atoms with van der Waals surface area (Å²) in [5.74, 6) is -0.457. The highest BCUT2D eigenvalue weighted by Gasteiger charge is 2.59. The summed E-state index contributed by atoms with van der Waals surface area (Å²) >= 11 is 1.50. The van der Waals surface area contributed by atoms with Crippen molar-refractivity contribution in [3.63, 3.8) is 0 Å². The molecule has 3 aromatic heterocycles. The smallest absolute Gasteiger partial charge is 0.324 e. The highest BCUT2D eigenvalue weighted by Crippen LogP contribution is 2.50. The number of thiazole rings is 1. The van der Waals surface area contributed by atoms with E-state index < -0.39 is 23.0 Å². The molecule has 5 atom stereocenters. The van der Waals surface area contributed by atoms with E-state index in [4.69, 9.17) is 19.4 Å². The van der Waals surface area contributed by atoms with Crippen molar-refractivity contribution in [3.05, 3.63) is 52.1 Å². The predicted octanol–water partition coefficient (Wildman–Crippen LogP) is 5.44. The van der Waals surface area contributed by atoms with E-state index in [2.05, 4.69) is 94.4 Å². The Labute approximate surface area is 369 Å². The number of piperazine rings is 1. The fourth-order valence-corrected chi connectivity index (χ4v) is 11.5. The summed E-state index contributed by atoms with van der Waals surface area (Å²) in [6.45, 7) is 14.5. The molecule has 3 saturated heterocycles. The van der Waals surface area contributed by atoms with Crippen LogP contribution in [0.5, 0.6) is 0 Å². The number of hydrogen-bond acceptors (Lipinski definition) is 12. The number of methoxy groups -OCH3 is 1. The zero-order valence-corrected chi connectivity index (χ0v) is 38.3. The molecule has 2 N–H and O–H groups in total. The van der Waals surface area contributed by atoms with Crippen molar-refractivity contribution in [1.29, 1.82) is 0 Å². The van der Waals surface area contributed by atoms with Gasteiger partial charge in [0, 0.05) is 85.6 Å². The molecule has 7 heterocycles. The van der Waals surface area contributed by atoms with Crippen molar-refractivity contribution in [2.24, 2.45) is 11.3 Å². The maximum atomic E-state index is 14.5. The molecule has 14 nitrogen and oxygen atoms in total. The molecular formula is C47H63N9O5S. The van der Waals surface area contributed by atoms with E-state index >= 15 is 0 Å². The van der Waals surface area contributed by atoms with E-state index in [1.165, 1.54) is 16.3 Å². The fraction of sp³-hybridized carbons (Fsp3) is 0.596. The number of nitrogens with zero attached hydrogens (tertiary/aromatic N) is 7. The SMILES string of the molecule is CCn1c(-c2cc(N3CCN(C)CC3)cnc2[C@H](C)OC)c2c3cc(ccc31)-c1csc(n1)C[C@H](NC(=O)[C@@]13CC[C@@H]1CCN3C)C(=O)N1CCC[C@H](N1)C(=O)OCC(C)(C)C2. The molecule has 2 amide bonds. The molecule has 4 aliphatic heterocycles. The number of hydrazine groups is 1. The molecule has 4 fully saturated rings.